The minimum absolute atomic E-state index is 0.0169. The van der Waals surface area contributed by atoms with Crippen LogP contribution in [-0.4, -0.2) is 67.1 Å². The van der Waals surface area contributed by atoms with Gasteiger partial charge in [0.1, 0.15) is 0 Å². The molecule has 166 valence electrons. The Labute approximate surface area is 180 Å². The molecule has 2 N–H and O–H groups in total. The fourth-order valence-electron chi connectivity index (χ4n) is 5.35. The highest BCUT2D eigenvalue weighted by Gasteiger charge is 2.51. The van der Waals surface area contributed by atoms with Gasteiger partial charge in [-0.3, -0.25) is 14.5 Å². The summed E-state index contributed by atoms with van der Waals surface area (Å²) in [6.45, 7) is 5.05. The van der Waals surface area contributed by atoms with Crippen LogP contribution in [0.1, 0.15) is 51.5 Å². The molecule has 6 heteroatoms. The van der Waals surface area contributed by atoms with E-state index in [-0.39, 0.29) is 35.9 Å². The van der Waals surface area contributed by atoms with Gasteiger partial charge in [-0.25, -0.2) is 0 Å². The monoisotopic (exact) mass is 415 g/mol. The number of aliphatic hydroxyl groups excluding tert-OH is 1. The number of nitrogens with zero attached hydrogens (tertiary/aromatic N) is 2. The fourth-order valence-corrected chi connectivity index (χ4v) is 5.35. The number of carbonyl (C=O) groups is 2. The summed E-state index contributed by atoms with van der Waals surface area (Å²) < 4.78 is 0. The van der Waals surface area contributed by atoms with Gasteiger partial charge in [0.05, 0.1) is 12.0 Å². The molecule has 2 amide bonds. The first-order valence-electron chi connectivity index (χ1n) is 11.0. The van der Waals surface area contributed by atoms with Crippen molar-refractivity contribution < 1.29 is 14.7 Å². The molecular formula is C24H37N3O3. The van der Waals surface area contributed by atoms with E-state index in [4.69, 9.17) is 5.11 Å². The quantitative estimate of drug-likeness (QED) is 0.717. The molecule has 0 radical (unpaired) electrons. The average molecular weight is 416 g/mol. The lowest BCUT2D eigenvalue weighted by atomic mass is 9.64. The van der Waals surface area contributed by atoms with Gasteiger partial charge in [0.2, 0.25) is 11.8 Å². The number of amides is 2. The Kier molecular flexibility index (Phi) is 6.58. The van der Waals surface area contributed by atoms with Crippen LogP contribution in [0.5, 0.6) is 0 Å². The van der Waals surface area contributed by atoms with E-state index in [2.05, 4.69) is 54.6 Å². The zero-order valence-corrected chi connectivity index (χ0v) is 18.9. The molecule has 0 bridgehead atoms. The Morgan fingerprint density at radius 3 is 2.37 bits per heavy atom. The summed E-state index contributed by atoms with van der Waals surface area (Å²) in [5.74, 6) is 0.0414. The lowest BCUT2D eigenvalue weighted by Gasteiger charge is -2.49. The smallest absolute Gasteiger partial charge is 0.227 e. The molecule has 1 aliphatic heterocycles. The van der Waals surface area contributed by atoms with Crippen LogP contribution in [0.2, 0.25) is 0 Å². The lowest BCUT2D eigenvalue weighted by molar-refractivity contribution is -0.134. The van der Waals surface area contributed by atoms with Crippen LogP contribution in [0.3, 0.4) is 0 Å². The first-order valence-corrected chi connectivity index (χ1v) is 11.0. The molecule has 1 spiro atoms. The molecule has 1 saturated heterocycles. The van der Waals surface area contributed by atoms with E-state index in [1.54, 1.807) is 0 Å². The number of benzene rings is 1. The van der Waals surface area contributed by atoms with E-state index >= 15 is 0 Å². The molecule has 1 saturated carbocycles. The Morgan fingerprint density at radius 1 is 1.17 bits per heavy atom. The van der Waals surface area contributed by atoms with Gasteiger partial charge < -0.3 is 15.3 Å². The molecule has 6 nitrogen and oxygen atoms in total. The maximum absolute atomic E-state index is 12.9. The molecule has 1 aliphatic carbocycles. The maximum Gasteiger partial charge on any atom is 0.227 e. The Balaban J connectivity index is 1.68. The first kappa shape index (κ1) is 22.8. The van der Waals surface area contributed by atoms with Crippen LogP contribution < -0.4 is 5.32 Å². The van der Waals surface area contributed by atoms with Gasteiger partial charge in [0.15, 0.2) is 0 Å². The van der Waals surface area contributed by atoms with Gasteiger partial charge in [0.25, 0.3) is 0 Å². The summed E-state index contributed by atoms with van der Waals surface area (Å²) in [6.07, 6.45) is 4.68. The Morgan fingerprint density at radius 2 is 1.80 bits per heavy atom. The molecule has 0 aromatic heterocycles. The summed E-state index contributed by atoms with van der Waals surface area (Å²) in [5.41, 5.74) is 0.713. The van der Waals surface area contributed by atoms with Crippen molar-refractivity contribution in [3.63, 3.8) is 0 Å². The number of hydrogen-bond acceptors (Lipinski definition) is 4. The third-order valence-electron chi connectivity index (χ3n) is 7.31. The van der Waals surface area contributed by atoms with Gasteiger partial charge in [0, 0.05) is 31.6 Å². The normalized spacial score (nSPS) is 27.1. The topological polar surface area (TPSA) is 72.9 Å². The summed E-state index contributed by atoms with van der Waals surface area (Å²) in [5, 5.41) is 11.7. The van der Waals surface area contributed by atoms with Crippen LogP contribution in [0, 0.1) is 10.8 Å². The van der Waals surface area contributed by atoms with Crippen LogP contribution in [0.4, 0.5) is 0 Å². The van der Waals surface area contributed by atoms with Crippen molar-refractivity contribution in [3.05, 3.63) is 35.9 Å². The van der Waals surface area contributed by atoms with Crippen molar-refractivity contribution in [2.45, 2.75) is 51.5 Å². The van der Waals surface area contributed by atoms with E-state index in [9.17, 15) is 9.59 Å². The maximum atomic E-state index is 12.9. The molecule has 3 rings (SSSR count). The highest BCUT2D eigenvalue weighted by Crippen LogP contribution is 2.52. The van der Waals surface area contributed by atoms with Gasteiger partial charge in [-0.15, -0.1) is 0 Å². The molecule has 30 heavy (non-hydrogen) atoms. The standard InChI is InChI=1S/C24H37N3O3/c1-22(2,21(30)25-14-15-28)17-27-18-23(16-20(27)29)10-12-24(13-11-23,26(3)4)19-8-6-5-7-9-19/h5-9,28H,10-18H2,1-4H3,(H,25,30). The van der Waals surface area contributed by atoms with E-state index < -0.39 is 5.41 Å². The average Bonchev–Trinajstić information content (AvgIpc) is 3.01. The SMILES string of the molecule is CN(C)C1(c2ccccc2)CCC2(CC1)CC(=O)N(CC(C)(C)C(=O)NCCO)C2. The minimum Gasteiger partial charge on any atom is -0.395 e. The summed E-state index contributed by atoms with van der Waals surface area (Å²) in [6, 6.07) is 10.7. The van der Waals surface area contributed by atoms with E-state index in [0.29, 0.717) is 13.0 Å². The highest BCUT2D eigenvalue weighted by molar-refractivity contribution is 5.84. The van der Waals surface area contributed by atoms with Gasteiger partial charge in [-0.05, 0) is 64.6 Å². The van der Waals surface area contributed by atoms with Crippen molar-refractivity contribution in [3.8, 4) is 0 Å². The second-order valence-corrected chi connectivity index (χ2v) is 10.1. The number of aliphatic hydroxyl groups is 1. The highest BCUT2D eigenvalue weighted by atomic mass is 16.3. The lowest BCUT2D eigenvalue weighted by Crippen LogP contribution is -2.48. The number of hydrogen-bond donors (Lipinski definition) is 2. The van der Waals surface area contributed by atoms with E-state index in [0.717, 1.165) is 32.2 Å². The minimum atomic E-state index is -0.678. The summed E-state index contributed by atoms with van der Waals surface area (Å²) >= 11 is 0. The number of nitrogens with one attached hydrogen (secondary N) is 1. The number of carbonyl (C=O) groups excluding carboxylic acids is 2. The van der Waals surface area contributed by atoms with Crippen LogP contribution in [0.25, 0.3) is 0 Å². The largest absolute Gasteiger partial charge is 0.395 e. The fraction of sp³-hybridized carbons (Fsp3) is 0.667. The Hall–Kier alpha value is -1.92. The predicted octanol–water partition coefficient (Wildman–Crippen LogP) is 2.37. The molecule has 2 fully saturated rings. The molecule has 0 unspecified atom stereocenters. The van der Waals surface area contributed by atoms with E-state index in [1.165, 1.54) is 5.56 Å². The zero-order valence-electron chi connectivity index (χ0n) is 18.9. The van der Waals surface area contributed by atoms with Crippen molar-refractivity contribution >= 4 is 11.8 Å². The Bertz CT molecular complexity index is 752. The van der Waals surface area contributed by atoms with Crippen molar-refractivity contribution in [2.75, 3.05) is 40.3 Å². The molecule has 0 atom stereocenters. The van der Waals surface area contributed by atoms with E-state index in [1.807, 2.05) is 18.7 Å². The second kappa shape index (κ2) is 8.67. The summed E-state index contributed by atoms with van der Waals surface area (Å²) in [4.78, 5) is 29.5. The van der Waals surface area contributed by atoms with Crippen LogP contribution >= 0.6 is 0 Å². The summed E-state index contributed by atoms with van der Waals surface area (Å²) in [7, 11) is 4.31. The molecule has 2 aliphatic rings. The van der Waals surface area contributed by atoms with Gasteiger partial charge >= 0.3 is 0 Å². The van der Waals surface area contributed by atoms with Gasteiger partial charge in [-0.1, -0.05) is 30.3 Å². The molecule has 1 aromatic carbocycles. The third kappa shape index (κ3) is 4.40. The van der Waals surface area contributed by atoms with Gasteiger partial charge in [-0.2, -0.15) is 0 Å². The van der Waals surface area contributed by atoms with Crippen molar-refractivity contribution in [1.29, 1.82) is 0 Å². The van der Waals surface area contributed by atoms with Crippen LogP contribution in [-0.2, 0) is 15.1 Å². The predicted molar refractivity (Wildman–Crippen MR) is 118 cm³/mol. The zero-order chi connectivity index (χ0) is 22.0. The second-order valence-electron chi connectivity index (χ2n) is 10.1. The third-order valence-corrected chi connectivity index (χ3v) is 7.31. The molecule has 1 aromatic rings. The van der Waals surface area contributed by atoms with Crippen LogP contribution in [0.15, 0.2) is 30.3 Å². The number of likely N-dealkylation sites (tertiary alicyclic amines) is 1. The molecular weight excluding hydrogens is 378 g/mol. The number of rotatable bonds is 7. The first-order chi connectivity index (χ1) is 14.1. The van der Waals surface area contributed by atoms with Crippen molar-refractivity contribution in [2.24, 2.45) is 10.8 Å². The molecule has 1 heterocycles. The van der Waals surface area contributed by atoms with Crippen molar-refractivity contribution in [1.82, 2.24) is 15.1 Å².